The molecule has 0 spiro atoms. The summed E-state index contributed by atoms with van der Waals surface area (Å²) in [6.07, 6.45) is 78.8. The summed E-state index contributed by atoms with van der Waals surface area (Å²) in [6, 6.07) is 0. The summed E-state index contributed by atoms with van der Waals surface area (Å²) in [7, 11) is -4.79. The van der Waals surface area contributed by atoms with Gasteiger partial charge < -0.3 is 24.2 Å². The Bertz CT molecular complexity index is 1840. The molecule has 0 aliphatic rings. The van der Waals surface area contributed by atoms with Crippen LogP contribution in [0.15, 0.2) is 122 Å². The second-order valence-corrected chi connectivity index (χ2v) is 22.6. The van der Waals surface area contributed by atoms with Crippen molar-refractivity contribution in [1.29, 1.82) is 0 Å². The molecule has 468 valence electrons. The molecule has 0 saturated heterocycles. The highest BCUT2D eigenvalue weighted by Crippen LogP contribution is 2.43. The van der Waals surface area contributed by atoms with Gasteiger partial charge >= 0.3 is 25.7 Å². The molecule has 0 aliphatic carbocycles. The van der Waals surface area contributed by atoms with Gasteiger partial charge in [-0.25, -0.2) is 4.57 Å². The minimum Gasteiger partial charge on any atom is -0.462 e. The number of carbonyl (C=O) groups excluding carboxylic acids is 3. The van der Waals surface area contributed by atoms with Gasteiger partial charge in [0.05, 0.1) is 19.8 Å². The molecule has 82 heavy (non-hydrogen) atoms. The van der Waals surface area contributed by atoms with Crippen molar-refractivity contribution in [3.63, 3.8) is 0 Å². The quantitative estimate of drug-likeness (QED) is 0.0197. The summed E-state index contributed by atoms with van der Waals surface area (Å²) in [5.74, 6) is -1.57. The van der Waals surface area contributed by atoms with E-state index in [1.54, 1.807) is 0 Å². The van der Waals surface area contributed by atoms with Crippen molar-refractivity contribution >= 4 is 25.7 Å². The predicted octanol–water partition coefficient (Wildman–Crippen LogP) is 19.9. The first kappa shape index (κ1) is 77.9. The van der Waals surface area contributed by atoms with Crippen LogP contribution in [0.4, 0.5) is 0 Å². The third-order valence-corrected chi connectivity index (χ3v) is 14.3. The van der Waals surface area contributed by atoms with Gasteiger partial charge in [-0.2, -0.15) is 0 Å². The smallest absolute Gasteiger partial charge is 0.462 e. The summed E-state index contributed by atoms with van der Waals surface area (Å²) in [5.41, 5.74) is 0. The number of allylic oxidation sites excluding steroid dienone is 20. The first-order valence-electron chi connectivity index (χ1n) is 32.4. The molecule has 0 amide bonds. The SMILES string of the molecule is CC/C=C\C/C=C\C/C=C\C/C=C\C/C=C\CCCCCC(=O)OC(COC(=O)CCCCCCCCCCCCCCCCCCCCC)COP(=O)(O)OCC(CO)OC(=O)CCC/C=C\C/C=C\C/C=C\C/C=C\C/C=C\CC. The van der Waals surface area contributed by atoms with E-state index in [1.165, 1.54) is 96.3 Å². The van der Waals surface area contributed by atoms with Crippen LogP contribution >= 0.6 is 7.82 Å². The second-order valence-electron chi connectivity index (χ2n) is 21.2. The fraction of sp³-hybridized carbons (Fsp3) is 0.671. The Balaban J connectivity index is 4.81. The number of carbonyl (C=O) groups is 3. The Morgan fingerprint density at radius 3 is 1.02 bits per heavy atom. The fourth-order valence-electron chi connectivity index (χ4n) is 8.54. The summed E-state index contributed by atoms with van der Waals surface area (Å²) in [6.45, 7) is 4.34. The largest absolute Gasteiger partial charge is 0.472 e. The molecule has 0 aromatic rings. The summed E-state index contributed by atoms with van der Waals surface area (Å²) in [4.78, 5) is 48.8. The van der Waals surface area contributed by atoms with Crippen molar-refractivity contribution in [3.8, 4) is 0 Å². The van der Waals surface area contributed by atoms with Crippen LogP contribution in [0.5, 0.6) is 0 Å². The zero-order chi connectivity index (χ0) is 59.8. The summed E-state index contributed by atoms with van der Waals surface area (Å²) in [5, 5.41) is 9.84. The number of aliphatic hydroxyl groups excluding tert-OH is 1. The highest BCUT2D eigenvalue weighted by molar-refractivity contribution is 7.47. The third-order valence-electron chi connectivity index (χ3n) is 13.4. The number of ether oxygens (including phenoxy) is 3. The maximum absolute atomic E-state index is 13.0. The molecule has 0 bridgehead atoms. The minimum atomic E-state index is -4.79. The molecular weight excluding hydrogens is 1050 g/mol. The number of hydrogen-bond donors (Lipinski definition) is 2. The van der Waals surface area contributed by atoms with Crippen LogP contribution < -0.4 is 0 Å². The number of unbranched alkanes of at least 4 members (excludes halogenated alkanes) is 22. The fourth-order valence-corrected chi connectivity index (χ4v) is 9.32. The molecule has 3 atom stereocenters. The molecule has 0 fully saturated rings. The van der Waals surface area contributed by atoms with Gasteiger partial charge in [0.25, 0.3) is 0 Å². The van der Waals surface area contributed by atoms with Gasteiger partial charge in [0.2, 0.25) is 0 Å². The topological polar surface area (TPSA) is 155 Å². The highest BCUT2D eigenvalue weighted by Gasteiger charge is 2.28. The second kappa shape index (κ2) is 62.9. The average molecular weight is 1170 g/mol. The molecule has 0 heterocycles. The lowest BCUT2D eigenvalue weighted by molar-refractivity contribution is -0.161. The van der Waals surface area contributed by atoms with Gasteiger partial charge in [-0.15, -0.1) is 0 Å². The number of hydrogen-bond acceptors (Lipinski definition) is 10. The van der Waals surface area contributed by atoms with Crippen LogP contribution in [0.25, 0.3) is 0 Å². The lowest BCUT2D eigenvalue weighted by Crippen LogP contribution is -2.30. The van der Waals surface area contributed by atoms with Gasteiger partial charge in [0.1, 0.15) is 12.7 Å². The molecule has 2 N–H and O–H groups in total. The van der Waals surface area contributed by atoms with E-state index in [4.69, 9.17) is 23.3 Å². The molecule has 12 heteroatoms. The summed E-state index contributed by atoms with van der Waals surface area (Å²) >= 11 is 0. The number of phosphoric ester groups is 1. The maximum atomic E-state index is 13.0. The standard InChI is InChI=1S/C70H117O11P/c1-4-7-10-13-16-19-22-25-28-31-33-36-38-41-44-47-50-53-56-59-68(72)77-63-67(81-70(74)61-58-55-52-49-46-43-40-37-34-32-29-26-23-20-17-14-11-8-5-2)65-79-82(75,76)78-64-66(62-71)80-69(73)60-57-54-51-48-45-42-39-35-30-27-24-21-18-15-12-9-6-3/h8-9,11-12,17-18,20-21,26-27,29-30,34,37,39,42-43,46,48,51,66-67,71H,4-7,10,13-16,19,22-25,28,31-33,35-36,38,40-41,44-45,47,49-50,52-65H2,1-3H3,(H,75,76)/b11-8-,12-9-,20-17-,21-18-,29-26-,30-27-,37-34-,42-39-,46-43-,51-48-. The Labute approximate surface area is 500 Å². The molecular formula is C70H117O11P. The van der Waals surface area contributed by atoms with Gasteiger partial charge in [-0.05, 0) is 103 Å². The van der Waals surface area contributed by atoms with Crippen LogP contribution in [0.2, 0.25) is 0 Å². The number of esters is 3. The number of aliphatic hydroxyl groups is 1. The maximum Gasteiger partial charge on any atom is 0.472 e. The van der Waals surface area contributed by atoms with Crippen molar-refractivity contribution in [2.24, 2.45) is 0 Å². The first-order chi connectivity index (χ1) is 40.2. The van der Waals surface area contributed by atoms with Crippen molar-refractivity contribution < 1.29 is 52.2 Å². The van der Waals surface area contributed by atoms with Crippen molar-refractivity contribution in [2.45, 2.75) is 277 Å². The van der Waals surface area contributed by atoms with Gasteiger partial charge in [0.15, 0.2) is 6.10 Å². The Morgan fingerprint density at radius 1 is 0.354 bits per heavy atom. The Hall–Kier alpha value is -4.12. The van der Waals surface area contributed by atoms with E-state index >= 15 is 0 Å². The van der Waals surface area contributed by atoms with Gasteiger partial charge in [-0.3, -0.25) is 23.4 Å². The lowest BCUT2D eigenvalue weighted by Gasteiger charge is -2.21. The van der Waals surface area contributed by atoms with E-state index in [0.717, 1.165) is 103 Å². The van der Waals surface area contributed by atoms with Crippen LogP contribution in [-0.4, -0.2) is 66.5 Å². The van der Waals surface area contributed by atoms with Gasteiger partial charge in [-0.1, -0.05) is 264 Å². The summed E-state index contributed by atoms with van der Waals surface area (Å²) < 4.78 is 39.6. The third kappa shape index (κ3) is 60.5. The molecule has 0 rings (SSSR count). The number of rotatable bonds is 59. The zero-order valence-electron chi connectivity index (χ0n) is 51.9. The van der Waals surface area contributed by atoms with Crippen molar-refractivity contribution in [1.82, 2.24) is 0 Å². The molecule has 0 saturated carbocycles. The van der Waals surface area contributed by atoms with E-state index in [-0.39, 0.29) is 25.9 Å². The van der Waals surface area contributed by atoms with E-state index in [0.29, 0.717) is 25.7 Å². The molecule has 0 radical (unpaired) electrons. The molecule has 0 aromatic heterocycles. The van der Waals surface area contributed by atoms with Crippen molar-refractivity contribution in [3.05, 3.63) is 122 Å². The van der Waals surface area contributed by atoms with E-state index in [9.17, 15) is 28.9 Å². The minimum absolute atomic E-state index is 0.0910. The van der Waals surface area contributed by atoms with Crippen LogP contribution in [-0.2, 0) is 42.2 Å². The van der Waals surface area contributed by atoms with Gasteiger partial charge in [0, 0.05) is 19.3 Å². The van der Waals surface area contributed by atoms with Crippen molar-refractivity contribution in [2.75, 3.05) is 26.4 Å². The lowest BCUT2D eigenvalue weighted by atomic mass is 10.0. The molecule has 3 unspecified atom stereocenters. The van der Waals surface area contributed by atoms with E-state index in [1.807, 2.05) is 12.2 Å². The van der Waals surface area contributed by atoms with Crippen LogP contribution in [0.3, 0.4) is 0 Å². The predicted molar refractivity (Wildman–Crippen MR) is 343 cm³/mol. The van der Waals surface area contributed by atoms with E-state index < -0.39 is 57.8 Å². The zero-order valence-corrected chi connectivity index (χ0v) is 52.8. The molecule has 0 aliphatic heterocycles. The highest BCUT2D eigenvalue weighted by atomic mass is 31.2. The molecule has 11 nitrogen and oxygen atoms in total. The van der Waals surface area contributed by atoms with Crippen LogP contribution in [0, 0.1) is 0 Å². The first-order valence-corrected chi connectivity index (χ1v) is 33.9. The number of phosphoric acid groups is 1. The monoisotopic (exact) mass is 1160 g/mol. The normalized spacial score (nSPS) is 14.1. The Morgan fingerprint density at radius 2 is 0.646 bits per heavy atom. The average Bonchev–Trinajstić information content (AvgIpc) is 3.50. The van der Waals surface area contributed by atoms with E-state index in [2.05, 4.69) is 130 Å². The Kier molecular flexibility index (Phi) is 59.8. The molecule has 0 aromatic carbocycles. The van der Waals surface area contributed by atoms with Crippen LogP contribution in [0.1, 0.15) is 265 Å².